The molecule has 170 valence electrons. The Hall–Kier alpha value is -3.70. The Morgan fingerprint density at radius 2 is 1.79 bits per heavy atom. The van der Waals surface area contributed by atoms with E-state index in [2.05, 4.69) is 5.32 Å². The molecule has 0 spiro atoms. The molecule has 6 N–H and O–H groups in total. The third-order valence-corrected chi connectivity index (χ3v) is 6.88. The Morgan fingerprint density at radius 1 is 1.12 bits per heavy atom. The number of aliphatic carboxylic acids is 1. The molecule has 0 radical (unpaired) electrons. The number of nitrogens with zero attached hydrogens (tertiary/aromatic N) is 2. The first kappa shape index (κ1) is 22.5. The first-order chi connectivity index (χ1) is 15.8. The fourth-order valence-corrected chi connectivity index (χ4v) is 5.10. The van der Waals surface area contributed by atoms with Crippen molar-refractivity contribution in [2.75, 3.05) is 5.75 Å². The van der Waals surface area contributed by atoms with Crippen molar-refractivity contribution < 1.29 is 28.9 Å². The zero-order valence-electron chi connectivity index (χ0n) is 17.4. The van der Waals surface area contributed by atoms with E-state index >= 15 is 0 Å². The molecule has 1 aromatic heterocycles. The summed E-state index contributed by atoms with van der Waals surface area (Å²) in [6.45, 7) is 0.589. The highest BCUT2D eigenvalue weighted by Gasteiger charge is 2.54. The van der Waals surface area contributed by atoms with Crippen LogP contribution in [0.1, 0.15) is 26.3 Å². The number of amides is 3. The summed E-state index contributed by atoms with van der Waals surface area (Å²) in [7, 11) is 0. The van der Waals surface area contributed by atoms with Crippen LogP contribution in [-0.4, -0.2) is 50.9 Å². The van der Waals surface area contributed by atoms with Crippen LogP contribution in [0.15, 0.2) is 60.1 Å². The van der Waals surface area contributed by atoms with E-state index in [0.717, 1.165) is 5.56 Å². The normalized spacial score (nSPS) is 19.5. The second-order valence-corrected chi connectivity index (χ2v) is 8.75. The minimum absolute atomic E-state index is 0.0759. The molecule has 10 nitrogen and oxygen atoms in total. The van der Waals surface area contributed by atoms with Crippen LogP contribution in [0.2, 0.25) is 0 Å². The molecular formula is C22H22N5O5S+. The number of aromatic nitrogens is 1. The maximum atomic E-state index is 12.8. The second kappa shape index (κ2) is 9.04. The molecule has 2 aromatic rings. The number of nitrogens with two attached hydrogens (primary N) is 2. The Bertz CT molecular complexity index is 1160. The fraction of sp³-hybridized carbons (Fsp3) is 0.227. The van der Waals surface area contributed by atoms with Crippen LogP contribution in [-0.2, 0) is 22.7 Å². The van der Waals surface area contributed by atoms with Gasteiger partial charge in [-0.25, -0.2) is 9.36 Å². The summed E-state index contributed by atoms with van der Waals surface area (Å²) in [5.41, 5.74) is 12.9. The monoisotopic (exact) mass is 468 g/mol. The first-order valence-electron chi connectivity index (χ1n) is 10.1. The molecule has 0 aliphatic carbocycles. The second-order valence-electron chi connectivity index (χ2n) is 7.64. The highest BCUT2D eigenvalue weighted by Crippen LogP contribution is 2.40. The quantitative estimate of drug-likeness (QED) is 0.317. The number of fused-ring (bicyclic) bond motifs is 1. The van der Waals surface area contributed by atoms with Gasteiger partial charge in [-0.2, -0.15) is 0 Å². The average molecular weight is 469 g/mol. The lowest BCUT2D eigenvalue weighted by atomic mass is 10.0. The Kier molecular flexibility index (Phi) is 6.16. The number of carboxylic acids is 1. The van der Waals surface area contributed by atoms with Gasteiger partial charge in [-0.3, -0.25) is 19.3 Å². The number of rotatable bonds is 7. The molecule has 1 unspecified atom stereocenters. The number of primary amides is 1. The molecule has 33 heavy (non-hydrogen) atoms. The number of thioether (sulfide) groups is 1. The van der Waals surface area contributed by atoms with Crippen LogP contribution >= 0.6 is 11.8 Å². The number of carboxylic acid groups (broad SMARTS) is 1. The Labute approximate surface area is 193 Å². The van der Waals surface area contributed by atoms with Crippen LogP contribution < -0.4 is 21.4 Å². The number of β-lactam (4-membered cyclic amide) rings is 1. The van der Waals surface area contributed by atoms with Gasteiger partial charge in [0.2, 0.25) is 5.91 Å². The van der Waals surface area contributed by atoms with E-state index in [0.29, 0.717) is 29.0 Å². The lowest BCUT2D eigenvalue weighted by Gasteiger charge is -2.49. The largest absolute Gasteiger partial charge is 0.477 e. The van der Waals surface area contributed by atoms with E-state index < -0.39 is 35.1 Å². The number of hydrogen-bond acceptors (Lipinski definition) is 6. The molecule has 1 fully saturated rings. The molecule has 3 heterocycles. The van der Waals surface area contributed by atoms with Crippen molar-refractivity contribution in [3.63, 3.8) is 0 Å². The van der Waals surface area contributed by atoms with Crippen molar-refractivity contribution in [1.82, 2.24) is 10.2 Å². The maximum absolute atomic E-state index is 12.8. The molecule has 2 atom stereocenters. The number of pyridine rings is 1. The molecular weight excluding hydrogens is 446 g/mol. The van der Waals surface area contributed by atoms with Crippen molar-refractivity contribution in [1.29, 1.82) is 0 Å². The third kappa shape index (κ3) is 4.32. The molecule has 2 aliphatic heterocycles. The molecule has 3 amide bonds. The number of benzene rings is 1. The Balaban J connectivity index is 1.50. The summed E-state index contributed by atoms with van der Waals surface area (Å²) in [6, 6.07) is 9.02. The SMILES string of the molecule is NCc1ccc(C(=O)NC2C(=O)N3C(C(=O)O)=C(C[n+]4ccc(C(N)=O)cc4)CS[C@H]23)cc1. The van der Waals surface area contributed by atoms with E-state index in [-0.39, 0.29) is 12.2 Å². The first-order valence-corrected chi connectivity index (χ1v) is 11.1. The van der Waals surface area contributed by atoms with Gasteiger partial charge in [-0.1, -0.05) is 12.1 Å². The van der Waals surface area contributed by atoms with Gasteiger partial charge in [0, 0.05) is 35.6 Å². The third-order valence-electron chi connectivity index (χ3n) is 5.54. The van der Waals surface area contributed by atoms with Gasteiger partial charge < -0.3 is 21.9 Å². The predicted octanol–water partition coefficient (Wildman–Crippen LogP) is -0.416. The zero-order valence-corrected chi connectivity index (χ0v) is 18.2. The number of nitrogens with one attached hydrogen (secondary N) is 1. The van der Waals surface area contributed by atoms with Crippen molar-refractivity contribution >= 4 is 35.5 Å². The number of carbonyl (C=O) groups excluding carboxylic acids is 3. The van der Waals surface area contributed by atoms with Gasteiger partial charge in [-0.05, 0) is 17.7 Å². The molecule has 1 aromatic carbocycles. The minimum atomic E-state index is -1.21. The van der Waals surface area contributed by atoms with Crippen LogP contribution in [0, 0.1) is 0 Å². The summed E-state index contributed by atoms with van der Waals surface area (Å²) in [5.74, 6) is -2.27. The molecule has 1 saturated heterocycles. The number of carbonyl (C=O) groups is 4. The molecule has 2 aliphatic rings. The summed E-state index contributed by atoms with van der Waals surface area (Å²) in [6.07, 6.45) is 3.25. The summed E-state index contributed by atoms with van der Waals surface area (Å²) in [4.78, 5) is 49.9. The molecule has 4 rings (SSSR count). The summed E-state index contributed by atoms with van der Waals surface area (Å²) < 4.78 is 1.71. The van der Waals surface area contributed by atoms with Gasteiger partial charge >= 0.3 is 5.97 Å². The van der Waals surface area contributed by atoms with Gasteiger partial charge in [0.25, 0.3) is 11.8 Å². The lowest BCUT2D eigenvalue weighted by Crippen LogP contribution is -2.70. The van der Waals surface area contributed by atoms with Gasteiger partial charge in [-0.15, -0.1) is 11.8 Å². The summed E-state index contributed by atoms with van der Waals surface area (Å²) in [5, 5.41) is 12.0. The average Bonchev–Trinajstić information content (AvgIpc) is 2.82. The highest BCUT2D eigenvalue weighted by molar-refractivity contribution is 8.00. The molecule has 11 heteroatoms. The number of hydrogen-bond donors (Lipinski definition) is 4. The van der Waals surface area contributed by atoms with Crippen LogP contribution in [0.25, 0.3) is 0 Å². The summed E-state index contributed by atoms with van der Waals surface area (Å²) >= 11 is 1.39. The van der Waals surface area contributed by atoms with Gasteiger partial charge in [0.15, 0.2) is 18.9 Å². The van der Waals surface area contributed by atoms with E-state index in [1.807, 2.05) is 0 Å². The fourth-order valence-electron chi connectivity index (χ4n) is 3.77. The van der Waals surface area contributed by atoms with E-state index in [9.17, 15) is 24.3 Å². The molecule has 0 bridgehead atoms. The van der Waals surface area contributed by atoms with E-state index in [1.54, 1.807) is 53.4 Å². The highest BCUT2D eigenvalue weighted by atomic mass is 32.2. The van der Waals surface area contributed by atoms with Crippen molar-refractivity contribution in [3.8, 4) is 0 Å². The van der Waals surface area contributed by atoms with Crippen molar-refractivity contribution in [2.24, 2.45) is 11.5 Å². The van der Waals surface area contributed by atoms with Crippen LogP contribution in [0.4, 0.5) is 0 Å². The maximum Gasteiger partial charge on any atom is 0.352 e. The molecule has 0 saturated carbocycles. The topological polar surface area (TPSA) is 160 Å². The van der Waals surface area contributed by atoms with Gasteiger partial charge in [0.05, 0.1) is 5.56 Å². The zero-order chi connectivity index (χ0) is 23.7. The Morgan fingerprint density at radius 3 is 2.36 bits per heavy atom. The van der Waals surface area contributed by atoms with E-state index in [4.69, 9.17) is 11.5 Å². The van der Waals surface area contributed by atoms with Crippen molar-refractivity contribution in [2.45, 2.75) is 24.5 Å². The van der Waals surface area contributed by atoms with Crippen LogP contribution in [0.5, 0.6) is 0 Å². The van der Waals surface area contributed by atoms with Crippen LogP contribution in [0.3, 0.4) is 0 Å². The minimum Gasteiger partial charge on any atom is -0.477 e. The van der Waals surface area contributed by atoms with Crippen molar-refractivity contribution in [3.05, 3.63) is 76.8 Å². The lowest BCUT2D eigenvalue weighted by molar-refractivity contribution is -0.689. The smallest absolute Gasteiger partial charge is 0.352 e. The van der Waals surface area contributed by atoms with E-state index in [1.165, 1.54) is 16.7 Å². The standard InChI is InChI=1S/C22H21N5O5S/c23-9-12-1-3-14(4-2-12)19(29)25-16-20(30)27-17(22(31)32)15(11-33-21(16)27)10-26-7-5-13(6-8-26)18(24)28/h1-8,16,21H,9-11,23H2,(H3-,24,25,28,29,31,32)/p+1/t16?,21-/m1/s1. The van der Waals surface area contributed by atoms with Gasteiger partial charge in [0.1, 0.15) is 17.1 Å². The predicted molar refractivity (Wildman–Crippen MR) is 118 cm³/mol.